The lowest BCUT2D eigenvalue weighted by Gasteiger charge is -2.03. The van der Waals surface area contributed by atoms with Gasteiger partial charge in [-0.25, -0.2) is 0 Å². The molecule has 0 aliphatic rings. The van der Waals surface area contributed by atoms with Crippen molar-refractivity contribution in [2.45, 2.75) is 26.2 Å². The minimum absolute atomic E-state index is 0.134. The Balaban J connectivity index is 2.31. The molecule has 1 amide bonds. The van der Waals surface area contributed by atoms with Crippen molar-refractivity contribution in [3.63, 3.8) is 0 Å². The summed E-state index contributed by atoms with van der Waals surface area (Å²) in [5.41, 5.74) is 0.896. The Hall–Kier alpha value is -1.07. The Morgan fingerprint density at radius 1 is 1.47 bits per heavy atom. The third-order valence-electron chi connectivity index (χ3n) is 2.21. The second-order valence-corrected chi connectivity index (χ2v) is 4.93. The molecular weight excluding hydrogens is 262 g/mol. The van der Waals surface area contributed by atoms with E-state index in [1.54, 1.807) is 0 Å². The average molecular weight is 276 g/mol. The minimum atomic E-state index is -0.812. The number of carboxylic acids is 1. The van der Waals surface area contributed by atoms with Crippen molar-refractivity contribution < 1.29 is 14.7 Å². The van der Waals surface area contributed by atoms with Gasteiger partial charge in [0, 0.05) is 13.0 Å². The van der Waals surface area contributed by atoms with E-state index in [-0.39, 0.29) is 12.3 Å². The van der Waals surface area contributed by atoms with Crippen molar-refractivity contribution in [3.8, 4) is 0 Å². The molecule has 0 saturated carbocycles. The largest absolute Gasteiger partial charge is 0.481 e. The average Bonchev–Trinajstić information content (AvgIpc) is 2.59. The Kier molecular flexibility index (Phi) is 5.44. The van der Waals surface area contributed by atoms with Gasteiger partial charge in [0.15, 0.2) is 0 Å². The number of aliphatic carboxylic acids is 1. The van der Waals surface area contributed by atoms with Crippen molar-refractivity contribution in [3.05, 3.63) is 20.8 Å². The molecule has 2 N–H and O–H groups in total. The Morgan fingerprint density at radius 2 is 2.18 bits per heavy atom. The second-order valence-electron chi connectivity index (χ2n) is 3.67. The number of carbonyl (C=O) groups excluding carboxylic acids is 1. The van der Waals surface area contributed by atoms with Gasteiger partial charge in [-0.3, -0.25) is 9.59 Å². The molecule has 0 aliphatic carbocycles. The molecule has 0 aromatic carbocycles. The van der Waals surface area contributed by atoms with Gasteiger partial charge >= 0.3 is 5.97 Å². The summed E-state index contributed by atoms with van der Waals surface area (Å²) in [6.45, 7) is 2.32. The van der Waals surface area contributed by atoms with Crippen LogP contribution in [0.2, 0.25) is 5.02 Å². The highest BCUT2D eigenvalue weighted by molar-refractivity contribution is 7.13. The molecule has 4 nitrogen and oxygen atoms in total. The highest BCUT2D eigenvalue weighted by Crippen LogP contribution is 2.26. The number of aryl methyl sites for hydroxylation is 1. The molecule has 0 radical (unpaired) electrons. The van der Waals surface area contributed by atoms with Gasteiger partial charge in [-0.05, 0) is 30.7 Å². The van der Waals surface area contributed by atoms with Crippen LogP contribution in [0.15, 0.2) is 5.38 Å². The number of hydrogen-bond donors (Lipinski definition) is 2. The number of halogens is 1. The first-order chi connectivity index (χ1) is 8.02. The van der Waals surface area contributed by atoms with Crippen molar-refractivity contribution in [1.29, 1.82) is 0 Å². The van der Waals surface area contributed by atoms with Crippen LogP contribution in [0.3, 0.4) is 0 Å². The van der Waals surface area contributed by atoms with Crippen molar-refractivity contribution in [2.75, 3.05) is 6.54 Å². The zero-order valence-corrected chi connectivity index (χ0v) is 11.0. The fourth-order valence-electron chi connectivity index (χ4n) is 1.27. The maximum absolute atomic E-state index is 11.7. The van der Waals surface area contributed by atoms with E-state index < -0.39 is 5.97 Å². The predicted octanol–water partition coefficient (Wildman–Crippen LogP) is 2.69. The van der Waals surface area contributed by atoms with Crippen LogP contribution in [0.1, 0.15) is 34.5 Å². The number of carbonyl (C=O) groups is 2. The zero-order chi connectivity index (χ0) is 12.8. The first-order valence-corrected chi connectivity index (χ1v) is 6.51. The van der Waals surface area contributed by atoms with E-state index in [2.05, 4.69) is 5.32 Å². The summed E-state index contributed by atoms with van der Waals surface area (Å²) in [5.74, 6) is -1.00. The SMILES string of the molecule is Cc1csc(C(=O)NCCCCC(=O)O)c1Cl. The summed E-state index contributed by atoms with van der Waals surface area (Å²) < 4.78 is 0. The van der Waals surface area contributed by atoms with Crippen molar-refractivity contribution in [2.24, 2.45) is 0 Å². The predicted molar refractivity (Wildman–Crippen MR) is 67.9 cm³/mol. The van der Waals surface area contributed by atoms with Gasteiger partial charge in [0.1, 0.15) is 4.88 Å². The highest BCUT2D eigenvalue weighted by Gasteiger charge is 2.13. The van der Waals surface area contributed by atoms with Crippen LogP contribution in [0.5, 0.6) is 0 Å². The van der Waals surface area contributed by atoms with E-state index in [1.165, 1.54) is 11.3 Å². The molecule has 1 heterocycles. The first kappa shape index (κ1) is 14.0. The van der Waals surface area contributed by atoms with Crippen LogP contribution in [-0.2, 0) is 4.79 Å². The van der Waals surface area contributed by atoms with Crippen LogP contribution >= 0.6 is 22.9 Å². The lowest BCUT2D eigenvalue weighted by molar-refractivity contribution is -0.137. The number of nitrogens with one attached hydrogen (secondary N) is 1. The van der Waals surface area contributed by atoms with Gasteiger partial charge in [-0.1, -0.05) is 11.6 Å². The second kappa shape index (κ2) is 6.61. The molecule has 1 rings (SSSR count). The molecule has 17 heavy (non-hydrogen) atoms. The summed E-state index contributed by atoms with van der Waals surface area (Å²) >= 11 is 7.27. The Bertz CT molecular complexity index is 417. The number of thiophene rings is 1. The van der Waals surface area contributed by atoms with E-state index in [1.807, 2.05) is 12.3 Å². The summed E-state index contributed by atoms with van der Waals surface area (Å²) in [6.07, 6.45) is 1.35. The third-order valence-corrected chi connectivity index (χ3v) is 3.90. The van der Waals surface area contributed by atoms with E-state index >= 15 is 0 Å². The van der Waals surface area contributed by atoms with E-state index in [9.17, 15) is 9.59 Å². The van der Waals surface area contributed by atoms with Gasteiger partial charge in [-0.2, -0.15) is 0 Å². The lowest BCUT2D eigenvalue weighted by atomic mass is 10.2. The molecule has 0 spiro atoms. The van der Waals surface area contributed by atoms with E-state index in [0.717, 1.165) is 5.56 Å². The van der Waals surface area contributed by atoms with Gasteiger partial charge in [0.2, 0.25) is 0 Å². The summed E-state index contributed by atoms with van der Waals surface area (Å²) in [5, 5.41) is 13.5. The highest BCUT2D eigenvalue weighted by atomic mass is 35.5. The van der Waals surface area contributed by atoms with Crippen LogP contribution in [-0.4, -0.2) is 23.5 Å². The molecule has 0 unspecified atom stereocenters. The summed E-state index contributed by atoms with van der Waals surface area (Å²) in [4.78, 5) is 22.5. The number of unbranched alkanes of at least 4 members (excludes halogenated alkanes) is 1. The topological polar surface area (TPSA) is 66.4 Å². The van der Waals surface area contributed by atoms with Crippen LogP contribution in [0.4, 0.5) is 0 Å². The third kappa shape index (κ3) is 4.36. The first-order valence-electron chi connectivity index (χ1n) is 5.26. The quantitative estimate of drug-likeness (QED) is 0.785. The fourth-order valence-corrected chi connectivity index (χ4v) is 2.46. The van der Waals surface area contributed by atoms with E-state index in [0.29, 0.717) is 29.3 Å². The molecule has 0 atom stereocenters. The van der Waals surface area contributed by atoms with Crippen LogP contribution in [0.25, 0.3) is 0 Å². The lowest BCUT2D eigenvalue weighted by Crippen LogP contribution is -2.23. The van der Waals surface area contributed by atoms with Gasteiger partial charge in [-0.15, -0.1) is 11.3 Å². The van der Waals surface area contributed by atoms with Crippen LogP contribution < -0.4 is 5.32 Å². The Labute approximate surface area is 109 Å². The molecule has 1 aromatic rings. The minimum Gasteiger partial charge on any atom is -0.481 e. The number of rotatable bonds is 6. The molecule has 0 saturated heterocycles. The summed E-state index contributed by atoms with van der Waals surface area (Å²) in [7, 11) is 0. The smallest absolute Gasteiger partial charge is 0.303 e. The van der Waals surface area contributed by atoms with Crippen molar-refractivity contribution >= 4 is 34.8 Å². The maximum Gasteiger partial charge on any atom is 0.303 e. The van der Waals surface area contributed by atoms with E-state index in [4.69, 9.17) is 16.7 Å². The molecule has 1 aromatic heterocycles. The summed E-state index contributed by atoms with van der Waals surface area (Å²) in [6, 6.07) is 0. The van der Waals surface area contributed by atoms with Gasteiger partial charge < -0.3 is 10.4 Å². The van der Waals surface area contributed by atoms with Gasteiger partial charge in [0.05, 0.1) is 5.02 Å². The maximum atomic E-state index is 11.7. The standard InChI is InChI=1S/C11H14ClNO3S/c1-7-6-17-10(9(7)12)11(16)13-5-3-2-4-8(14)15/h6H,2-5H2,1H3,(H,13,16)(H,14,15). The Morgan fingerprint density at radius 3 is 2.71 bits per heavy atom. The molecule has 6 heteroatoms. The molecule has 0 aliphatic heterocycles. The monoisotopic (exact) mass is 275 g/mol. The normalized spacial score (nSPS) is 10.2. The number of amides is 1. The van der Waals surface area contributed by atoms with Crippen molar-refractivity contribution in [1.82, 2.24) is 5.32 Å². The molecule has 0 fully saturated rings. The molecule has 0 bridgehead atoms. The molecule has 94 valence electrons. The van der Waals surface area contributed by atoms with Crippen LogP contribution in [0, 0.1) is 6.92 Å². The number of hydrogen-bond acceptors (Lipinski definition) is 3. The van der Waals surface area contributed by atoms with Gasteiger partial charge in [0.25, 0.3) is 5.91 Å². The molecular formula is C11H14ClNO3S. The number of carboxylic acid groups (broad SMARTS) is 1. The zero-order valence-electron chi connectivity index (χ0n) is 9.46. The fraction of sp³-hybridized carbons (Fsp3) is 0.455.